The molecular formula is C16H24FN. The highest BCUT2D eigenvalue weighted by atomic mass is 19.1. The maximum atomic E-state index is 12.3. The van der Waals surface area contributed by atoms with Crippen LogP contribution in [0, 0.1) is 0 Å². The smallest absolute Gasteiger partial charge is 0.102 e. The van der Waals surface area contributed by atoms with Crippen LogP contribution in [0.5, 0.6) is 0 Å². The zero-order valence-electron chi connectivity index (χ0n) is 11.5. The molecule has 2 heteroatoms. The Kier molecular flexibility index (Phi) is 4.76. The molecule has 100 valence electrons. The van der Waals surface area contributed by atoms with Gasteiger partial charge in [0, 0.05) is 6.54 Å². The SMILES string of the molecule is CC(C)c1ccc(C2CCN(CCF)CC2)cc1. The Morgan fingerprint density at radius 1 is 1.17 bits per heavy atom. The van der Waals surface area contributed by atoms with E-state index in [0.29, 0.717) is 18.4 Å². The largest absolute Gasteiger partial charge is 0.301 e. The quantitative estimate of drug-likeness (QED) is 0.780. The summed E-state index contributed by atoms with van der Waals surface area (Å²) in [5.41, 5.74) is 2.87. The number of hydrogen-bond acceptors (Lipinski definition) is 1. The van der Waals surface area contributed by atoms with E-state index in [1.807, 2.05) is 0 Å². The van der Waals surface area contributed by atoms with Crippen molar-refractivity contribution in [3.05, 3.63) is 35.4 Å². The van der Waals surface area contributed by atoms with E-state index in [0.717, 1.165) is 13.1 Å². The van der Waals surface area contributed by atoms with Crippen LogP contribution in [0.1, 0.15) is 49.7 Å². The van der Waals surface area contributed by atoms with Crippen molar-refractivity contribution in [1.29, 1.82) is 0 Å². The average molecular weight is 249 g/mol. The molecule has 0 atom stereocenters. The molecule has 0 aliphatic carbocycles. The van der Waals surface area contributed by atoms with Crippen molar-refractivity contribution in [2.45, 2.75) is 38.5 Å². The van der Waals surface area contributed by atoms with Crippen molar-refractivity contribution in [3.8, 4) is 0 Å². The van der Waals surface area contributed by atoms with Crippen LogP contribution in [0.15, 0.2) is 24.3 Å². The van der Waals surface area contributed by atoms with Gasteiger partial charge in [-0.1, -0.05) is 38.1 Å². The normalized spacial score (nSPS) is 18.4. The van der Waals surface area contributed by atoms with Crippen LogP contribution in [0.25, 0.3) is 0 Å². The summed E-state index contributed by atoms with van der Waals surface area (Å²) in [5.74, 6) is 1.27. The fourth-order valence-electron chi connectivity index (χ4n) is 2.76. The summed E-state index contributed by atoms with van der Waals surface area (Å²) in [4.78, 5) is 2.24. The van der Waals surface area contributed by atoms with Gasteiger partial charge in [-0.3, -0.25) is 0 Å². The monoisotopic (exact) mass is 249 g/mol. The summed E-state index contributed by atoms with van der Waals surface area (Å²) in [6.45, 7) is 6.93. The van der Waals surface area contributed by atoms with E-state index >= 15 is 0 Å². The molecule has 1 nitrogen and oxygen atoms in total. The third-order valence-corrected chi connectivity index (χ3v) is 4.06. The number of rotatable bonds is 4. The number of alkyl halides is 1. The first-order valence-electron chi connectivity index (χ1n) is 7.09. The third kappa shape index (κ3) is 3.32. The van der Waals surface area contributed by atoms with E-state index in [-0.39, 0.29) is 6.67 Å². The second-order valence-electron chi connectivity index (χ2n) is 5.63. The molecule has 1 fully saturated rings. The van der Waals surface area contributed by atoms with E-state index in [1.54, 1.807) is 0 Å². The Labute approximate surface area is 110 Å². The molecule has 0 unspecified atom stereocenters. The molecule has 0 spiro atoms. The number of hydrogen-bond donors (Lipinski definition) is 0. The lowest BCUT2D eigenvalue weighted by atomic mass is 9.88. The minimum Gasteiger partial charge on any atom is -0.301 e. The van der Waals surface area contributed by atoms with Crippen LogP contribution < -0.4 is 0 Å². The molecule has 0 aromatic heterocycles. The summed E-state index contributed by atoms with van der Waals surface area (Å²) >= 11 is 0. The van der Waals surface area contributed by atoms with Crippen LogP contribution in [-0.4, -0.2) is 31.2 Å². The first-order valence-corrected chi connectivity index (χ1v) is 7.09. The van der Waals surface area contributed by atoms with Gasteiger partial charge in [0.25, 0.3) is 0 Å². The Balaban J connectivity index is 1.93. The lowest BCUT2D eigenvalue weighted by molar-refractivity contribution is 0.197. The number of benzene rings is 1. The minimum absolute atomic E-state index is 0.215. The molecule has 0 saturated carbocycles. The highest BCUT2D eigenvalue weighted by Gasteiger charge is 2.20. The van der Waals surface area contributed by atoms with Gasteiger partial charge in [-0.2, -0.15) is 0 Å². The molecule has 1 heterocycles. The van der Waals surface area contributed by atoms with Crippen LogP contribution in [-0.2, 0) is 0 Å². The van der Waals surface area contributed by atoms with Crippen molar-refractivity contribution in [2.24, 2.45) is 0 Å². The van der Waals surface area contributed by atoms with Crippen molar-refractivity contribution in [3.63, 3.8) is 0 Å². The van der Waals surface area contributed by atoms with Crippen LogP contribution in [0.3, 0.4) is 0 Å². The van der Waals surface area contributed by atoms with E-state index in [1.165, 1.54) is 24.0 Å². The van der Waals surface area contributed by atoms with E-state index in [2.05, 4.69) is 43.0 Å². The van der Waals surface area contributed by atoms with Gasteiger partial charge < -0.3 is 4.90 Å². The molecule has 18 heavy (non-hydrogen) atoms. The maximum Gasteiger partial charge on any atom is 0.102 e. The van der Waals surface area contributed by atoms with Gasteiger partial charge in [0.05, 0.1) is 0 Å². The van der Waals surface area contributed by atoms with Gasteiger partial charge in [0.1, 0.15) is 6.67 Å². The number of nitrogens with zero attached hydrogens (tertiary/aromatic N) is 1. The molecule has 1 aromatic carbocycles. The fourth-order valence-corrected chi connectivity index (χ4v) is 2.76. The maximum absolute atomic E-state index is 12.3. The van der Waals surface area contributed by atoms with Gasteiger partial charge in [-0.05, 0) is 48.9 Å². The summed E-state index contributed by atoms with van der Waals surface area (Å²) in [6.07, 6.45) is 2.34. The lowest BCUT2D eigenvalue weighted by Gasteiger charge is -2.31. The topological polar surface area (TPSA) is 3.24 Å². The van der Waals surface area contributed by atoms with Crippen molar-refractivity contribution in [2.75, 3.05) is 26.3 Å². The predicted molar refractivity (Wildman–Crippen MR) is 74.9 cm³/mol. The number of piperidine rings is 1. The molecule has 1 saturated heterocycles. The zero-order valence-corrected chi connectivity index (χ0v) is 11.5. The molecule has 1 aromatic rings. The average Bonchev–Trinajstić information content (AvgIpc) is 2.40. The molecule has 0 N–H and O–H groups in total. The fraction of sp³-hybridized carbons (Fsp3) is 0.625. The molecule has 0 bridgehead atoms. The van der Waals surface area contributed by atoms with E-state index < -0.39 is 0 Å². The van der Waals surface area contributed by atoms with Gasteiger partial charge >= 0.3 is 0 Å². The summed E-state index contributed by atoms with van der Waals surface area (Å²) in [6, 6.07) is 9.08. The van der Waals surface area contributed by atoms with Gasteiger partial charge in [0.15, 0.2) is 0 Å². The van der Waals surface area contributed by atoms with E-state index in [4.69, 9.17) is 0 Å². The predicted octanol–water partition coefficient (Wildman–Crippen LogP) is 3.96. The van der Waals surface area contributed by atoms with Gasteiger partial charge in [-0.15, -0.1) is 0 Å². The highest BCUT2D eigenvalue weighted by molar-refractivity contribution is 5.27. The van der Waals surface area contributed by atoms with Crippen LogP contribution in [0.4, 0.5) is 4.39 Å². The summed E-state index contributed by atoms with van der Waals surface area (Å²) in [7, 11) is 0. The lowest BCUT2D eigenvalue weighted by Crippen LogP contribution is -2.34. The molecule has 1 aliphatic heterocycles. The van der Waals surface area contributed by atoms with Crippen molar-refractivity contribution >= 4 is 0 Å². The number of halogens is 1. The second-order valence-corrected chi connectivity index (χ2v) is 5.63. The van der Waals surface area contributed by atoms with Crippen LogP contribution in [0.2, 0.25) is 0 Å². The molecular weight excluding hydrogens is 225 g/mol. The van der Waals surface area contributed by atoms with Gasteiger partial charge in [-0.25, -0.2) is 4.39 Å². The Morgan fingerprint density at radius 2 is 1.78 bits per heavy atom. The molecule has 2 rings (SSSR count). The Bertz CT molecular complexity index is 350. The highest BCUT2D eigenvalue weighted by Crippen LogP contribution is 2.28. The van der Waals surface area contributed by atoms with Crippen LogP contribution >= 0.6 is 0 Å². The summed E-state index contributed by atoms with van der Waals surface area (Å²) < 4.78 is 12.3. The van der Waals surface area contributed by atoms with E-state index in [9.17, 15) is 4.39 Å². The zero-order chi connectivity index (χ0) is 13.0. The first kappa shape index (κ1) is 13.5. The second kappa shape index (κ2) is 6.33. The third-order valence-electron chi connectivity index (χ3n) is 4.06. The minimum atomic E-state index is -0.215. The first-order chi connectivity index (χ1) is 8.70. The number of likely N-dealkylation sites (tertiary alicyclic amines) is 1. The van der Waals surface area contributed by atoms with Crippen molar-refractivity contribution in [1.82, 2.24) is 4.90 Å². The summed E-state index contributed by atoms with van der Waals surface area (Å²) in [5, 5.41) is 0. The molecule has 0 radical (unpaired) electrons. The Hall–Kier alpha value is -0.890. The molecule has 1 aliphatic rings. The van der Waals surface area contributed by atoms with Crippen molar-refractivity contribution < 1.29 is 4.39 Å². The van der Waals surface area contributed by atoms with Gasteiger partial charge in [0.2, 0.25) is 0 Å². The Morgan fingerprint density at radius 3 is 2.28 bits per heavy atom. The molecule has 0 amide bonds. The standard InChI is InChI=1S/C16H24FN/c1-13(2)14-3-5-15(6-4-14)16-7-10-18(11-8-16)12-9-17/h3-6,13,16H,7-12H2,1-2H3.